The van der Waals surface area contributed by atoms with Crippen LogP contribution in [-0.4, -0.2) is 27.6 Å². The van der Waals surface area contributed by atoms with Gasteiger partial charge in [-0.15, -0.1) is 0 Å². The van der Waals surface area contributed by atoms with Crippen LogP contribution < -0.4 is 10.2 Å². The van der Waals surface area contributed by atoms with Crippen LogP contribution >= 0.6 is 0 Å². The Bertz CT molecular complexity index is 1360. The number of halogens is 3. The summed E-state index contributed by atoms with van der Waals surface area (Å²) in [7, 11) is 1.88. The predicted molar refractivity (Wildman–Crippen MR) is 141 cm³/mol. The van der Waals surface area contributed by atoms with Crippen LogP contribution in [0.15, 0.2) is 72.9 Å². The van der Waals surface area contributed by atoms with E-state index in [-0.39, 0.29) is 6.04 Å². The molecule has 5 nitrogen and oxygen atoms in total. The monoisotopic (exact) mass is 505 g/mol. The van der Waals surface area contributed by atoms with Gasteiger partial charge in [0.15, 0.2) is 0 Å². The molecule has 0 unspecified atom stereocenters. The van der Waals surface area contributed by atoms with Gasteiger partial charge in [-0.3, -0.25) is 0 Å². The van der Waals surface area contributed by atoms with Crippen LogP contribution in [0, 0.1) is 0 Å². The molecular formula is C29H30F3N5. The largest absolute Gasteiger partial charge is 0.416 e. The number of imidazole rings is 1. The van der Waals surface area contributed by atoms with Gasteiger partial charge in [0.05, 0.1) is 17.0 Å². The summed E-state index contributed by atoms with van der Waals surface area (Å²) in [5, 5.41) is 3.44. The number of nitrogens with one attached hydrogen (secondary N) is 1. The van der Waals surface area contributed by atoms with Crippen molar-refractivity contribution in [3.05, 3.63) is 84.1 Å². The molecule has 1 aliphatic heterocycles. The molecule has 0 aliphatic carbocycles. The van der Waals surface area contributed by atoms with E-state index < -0.39 is 11.7 Å². The zero-order valence-electron chi connectivity index (χ0n) is 21.0. The van der Waals surface area contributed by atoms with Gasteiger partial charge >= 0.3 is 6.18 Å². The molecule has 2 aromatic heterocycles. The van der Waals surface area contributed by atoms with Crippen LogP contribution in [0.25, 0.3) is 22.5 Å². The fourth-order valence-corrected chi connectivity index (χ4v) is 4.94. The third-order valence-corrected chi connectivity index (χ3v) is 6.87. The number of hydrogen-bond donors (Lipinski definition) is 1. The van der Waals surface area contributed by atoms with Crippen molar-refractivity contribution in [1.29, 1.82) is 0 Å². The van der Waals surface area contributed by atoms with Crippen molar-refractivity contribution in [3.63, 3.8) is 0 Å². The summed E-state index contributed by atoms with van der Waals surface area (Å²) in [5.74, 6) is 1.44. The summed E-state index contributed by atoms with van der Waals surface area (Å²) >= 11 is 0. The van der Waals surface area contributed by atoms with Gasteiger partial charge in [0, 0.05) is 43.5 Å². The SMILES string of the molecule is C[C@@H](Nc1cc(-c2nc(N3CCCCC3)n(C)c2-c2cccc(C(F)(F)F)c2)ccn1)c1ccccc1. The van der Waals surface area contributed by atoms with E-state index in [0.717, 1.165) is 49.1 Å². The Morgan fingerprint density at radius 2 is 1.65 bits per heavy atom. The molecule has 3 heterocycles. The maximum absolute atomic E-state index is 13.6. The molecule has 8 heteroatoms. The number of pyridine rings is 1. The van der Waals surface area contributed by atoms with Gasteiger partial charge in [-0.05, 0) is 56.0 Å². The molecule has 2 aromatic carbocycles. The summed E-state index contributed by atoms with van der Waals surface area (Å²) < 4.78 is 42.6. The van der Waals surface area contributed by atoms with Crippen molar-refractivity contribution in [1.82, 2.24) is 14.5 Å². The minimum absolute atomic E-state index is 0.0273. The average Bonchev–Trinajstić information content (AvgIpc) is 3.26. The molecule has 0 bridgehead atoms. The zero-order valence-corrected chi connectivity index (χ0v) is 21.0. The smallest absolute Gasteiger partial charge is 0.364 e. The van der Waals surface area contributed by atoms with Gasteiger partial charge in [0.25, 0.3) is 0 Å². The van der Waals surface area contributed by atoms with Gasteiger partial charge in [0.2, 0.25) is 5.95 Å². The Hall–Kier alpha value is -3.81. The minimum Gasteiger partial charge on any atom is -0.364 e. The molecule has 192 valence electrons. The number of piperidine rings is 1. The van der Waals surface area contributed by atoms with E-state index in [2.05, 4.69) is 34.3 Å². The molecule has 0 amide bonds. The number of nitrogens with zero attached hydrogens (tertiary/aromatic N) is 4. The van der Waals surface area contributed by atoms with Crippen molar-refractivity contribution in [2.45, 2.75) is 38.4 Å². The quantitative estimate of drug-likeness (QED) is 0.298. The lowest BCUT2D eigenvalue weighted by atomic mass is 10.0. The first-order valence-electron chi connectivity index (χ1n) is 12.6. The molecule has 1 N–H and O–H groups in total. The lowest BCUT2D eigenvalue weighted by Crippen LogP contribution is -2.31. The van der Waals surface area contributed by atoms with E-state index >= 15 is 0 Å². The first-order chi connectivity index (χ1) is 17.8. The third-order valence-electron chi connectivity index (χ3n) is 6.87. The highest BCUT2D eigenvalue weighted by molar-refractivity contribution is 5.82. The van der Waals surface area contributed by atoms with Gasteiger partial charge in [-0.25, -0.2) is 9.97 Å². The molecule has 4 aromatic rings. The minimum atomic E-state index is -4.42. The Balaban J connectivity index is 1.58. The molecule has 0 radical (unpaired) electrons. The highest BCUT2D eigenvalue weighted by Gasteiger charge is 2.31. The number of anilines is 2. The normalized spacial score (nSPS) is 15.0. The summed E-state index contributed by atoms with van der Waals surface area (Å²) in [6.45, 7) is 3.82. The molecule has 37 heavy (non-hydrogen) atoms. The molecule has 1 aliphatic rings. The first kappa shape index (κ1) is 24.9. The van der Waals surface area contributed by atoms with Crippen molar-refractivity contribution < 1.29 is 13.2 Å². The van der Waals surface area contributed by atoms with Crippen LogP contribution in [0.3, 0.4) is 0 Å². The molecular weight excluding hydrogens is 475 g/mol. The first-order valence-corrected chi connectivity index (χ1v) is 12.6. The summed E-state index contributed by atoms with van der Waals surface area (Å²) in [5.41, 5.74) is 3.02. The highest BCUT2D eigenvalue weighted by atomic mass is 19.4. The van der Waals surface area contributed by atoms with Crippen molar-refractivity contribution >= 4 is 11.8 Å². The van der Waals surface area contributed by atoms with E-state index in [1.807, 2.05) is 41.9 Å². The molecule has 1 fully saturated rings. The number of hydrogen-bond acceptors (Lipinski definition) is 4. The van der Waals surface area contributed by atoms with Crippen molar-refractivity contribution in [3.8, 4) is 22.5 Å². The maximum atomic E-state index is 13.6. The molecule has 5 rings (SSSR count). The second kappa shape index (κ2) is 10.3. The summed E-state index contributed by atoms with van der Waals surface area (Å²) in [4.78, 5) is 11.7. The Labute approximate surface area is 215 Å². The molecule has 0 spiro atoms. The average molecular weight is 506 g/mol. The molecule has 0 saturated carbocycles. The van der Waals surface area contributed by atoms with Crippen LogP contribution in [0.1, 0.15) is 43.4 Å². The topological polar surface area (TPSA) is 46.0 Å². The highest BCUT2D eigenvalue weighted by Crippen LogP contribution is 2.39. The van der Waals surface area contributed by atoms with Crippen molar-refractivity contribution in [2.75, 3.05) is 23.3 Å². The summed E-state index contributed by atoms with van der Waals surface area (Å²) in [6.07, 6.45) is 0.600. The molecule has 1 atom stereocenters. The standard InChI is InChI=1S/C29H30F3N5/c1-20(21-10-5-3-6-11-21)34-25-19-22(14-15-33-25)26-27(23-12-9-13-24(18-23)29(30,31)32)36(2)28(35-26)37-16-7-4-8-17-37/h3,5-6,9-15,18-20H,4,7-8,16-17H2,1-2H3,(H,33,34)/t20-/m1/s1. The fraction of sp³-hybridized carbons (Fsp3) is 0.310. The van der Waals surface area contributed by atoms with Crippen LogP contribution in [0.5, 0.6) is 0 Å². The molecule has 1 saturated heterocycles. The van der Waals surface area contributed by atoms with Gasteiger partial charge in [-0.2, -0.15) is 13.2 Å². The van der Waals surface area contributed by atoms with Gasteiger partial charge in [-0.1, -0.05) is 42.5 Å². The lowest BCUT2D eigenvalue weighted by Gasteiger charge is -2.27. The van der Waals surface area contributed by atoms with Crippen LogP contribution in [0.2, 0.25) is 0 Å². The van der Waals surface area contributed by atoms with E-state index in [4.69, 9.17) is 4.98 Å². The summed E-state index contributed by atoms with van der Waals surface area (Å²) in [6, 6.07) is 19.4. The van der Waals surface area contributed by atoms with E-state index in [9.17, 15) is 13.2 Å². The van der Waals surface area contributed by atoms with E-state index in [1.54, 1.807) is 12.3 Å². The fourth-order valence-electron chi connectivity index (χ4n) is 4.94. The number of benzene rings is 2. The third kappa shape index (κ3) is 5.33. The van der Waals surface area contributed by atoms with E-state index in [1.165, 1.54) is 18.6 Å². The van der Waals surface area contributed by atoms with Gasteiger partial charge < -0.3 is 14.8 Å². The van der Waals surface area contributed by atoms with Gasteiger partial charge in [0.1, 0.15) is 5.82 Å². The lowest BCUT2D eigenvalue weighted by molar-refractivity contribution is -0.137. The number of rotatable bonds is 6. The Morgan fingerprint density at radius 1 is 0.892 bits per heavy atom. The second-order valence-electron chi connectivity index (χ2n) is 9.50. The van der Waals surface area contributed by atoms with Crippen LogP contribution in [-0.2, 0) is 13.2 Å². The maximum Gasteiger partial charge on any atom is 0.416 e. The Morgan fingerprint density at radius 3 is 2.38 bits per heavy atom. The number of alkyl halides is 3. The zero-order chi connectivity index (χ0) is 26.0. The second-order valence-corrected chi connectivity index (χ2v) is 9.50. The van der Waals surface area contributed by atoms with E-state index in [0.29, 0.717) is 22.8 Å². The predicted octanol–water partition coefficient (Wildman–Crippen LogP) is 7.33. The Kier molecular flexibility index (Phi) is 6.91. The number of aromatic nitrogens is 3. The van der Waals surface area contributed by atoms with Crippen LogP contribution in [0.4, 0.5) is 24.9 Å². The van der Waals surface area contributed by atoms with Crippen molar-refractivity contribution in [2.24, 2.45) is 7.05 Å².